The van der Waals surface area contributed by atoms with Crippen LogP contribution in [0, 0.1) is 5.92 Å². The van der Waals surface area contributed by atoms with Crippen LogP contribution in [-0.2, 0) is 17.6 Å². The van der Waals surface area contributed by atoms with E-state index in [9.17, 15) is 0 Å². The number of aryl methyl sites for hydroxylation is 1. The molecule has 0 heterocycles. The molecule has 0 aliphatic carbocycles. The molecule has 0 aliphatic heterocycles. The molecule has 1 rings (SSSR count). The maximum atomic E-state index is 5.63. The molecule has 0 saturated heterocycles. The maximum absolute atomic E-state index is 5.63. The van der Waals surface area contributed by atoms with Gasteiger partial charge in [-0.25, -0.2) is 0 Å². The monoisotopic (exact) mass is 263 g/mol. The summed E-state index contributed by atoms with van der Waals surface area (Å²) in [6, 6.07) is 8.93. The molecular formula is C17H29NO. The SMILES string of the molecule is CCCc1ccc(CCOCCNCC(C)C)cc1. The van der Waals surface area contributed by atoms with Crippen molar-refractivity contribution in [3.8, 4) is 0 Å². The molecule has 0 aliphatic rings. The summed E-state index contributed by atoms with van der Waals surface area (Å²) < 4.78 is 5.63. The van der Waals surface area contributed by atoms with Crippen LogP contribution in [0.1, 0.15) is 38.3 Å². The van der Waals surface area contributed by atoms with Gasteiger partial charge in [-0.3, -0.25) is 0 Å². The lowest BCUT2D eigenvalue weighted by Crippen LogP contribution is -2.24. The number of nitrogens with one attached hydrogen (secondary N) is 1. The Bertz CT molecular complexity index is 319. The zero-order valence-corrected chi connectivity index (χ0v) is 12.7. The molecule has 2 nitrogen and oxygen atoms in total. The highest BCUT2D eigenvalue weighted by molar-refractivity contribution is 5.22. The van der Waals surface area contributed by atoms with Gasteiger partial charge in [0.25, 0.3) is 0 Å². The third-order valence-electron chi connectivity index (χ3n) is 3.07. The first-order chi connectivity index (χ1) is 9.22. The Morgan fingerprint density at radius 1 is 1.00 bits per heavy atom. The lowest BCUT2D eigenvalue weighted by atomic mass is 10.1. The summed E-state index contributed by atoms with van der Waals surface area (Å²) in [6.45, 7) is 10.3. The molecule has 0 atom stereocenters. The summed E-state index contributed by atoms with van der Waals surface area (Å²) in [5.41, 5.74) is 2.81. The van der Waals surface area contributed by atoms with E-state index in [2.05, 4.69) is 50.4 Å². The van der Waals surface area contributed by atoms with Crippen LogP contribution in [0.4, 0.5) is 0 Å². The van der Waals surface area contributed by atoms with Crippen molar-refractivity contribution in [3.63, 3.8) is 0 Å². The molecule has 0 spiro atoms. The van der Waals surface area contributed by atoms with Crippen molar-refractivity contribution < 1.29 is 4.74 Å². The minimum Gasteiger partial charge on any atom is -0.380 e. The van der Waals surface area contributed by atoms with Crippen molar-refractivity contribution in [2.75, 3.05) is 26.3 Å². The third-order valence-corrected chi connectivity index (χ3v) is 3.07. The van der Waals surface area contributed by atoms with E-state index in [1.807, 2.05) is 0 Å². The highest BCUT2D eigenvalue weighted by atomic mass is 16.5. The molecular weight excluding hydrogens is 234 g/mol. The molecule has 2 heteroatoms. The van der Waals surface area contributed by atoms with Crippen LogP contribution < -0.4 is 5.32 Å². The third kappa shape index (κ3) is 8.02. The van der Waals surface area contributed by atoms with Crippen LogP contribution in [-0.4, -0.2) is 26.3 Å². The zero-order valence-electron chi connectivity index (χ0n) is 12.7. The number of ether oxygens (including phenoxy) is 1. The van der Waals surface area contributed by atoms with Gasteiger partial charge in [-0.1, -0.05) is 51.5 Å². The Balaban J connectivity index is 2.05. The van der Waals surface area contributed by atoms with Crippen molar-refractivity contribution in [3.05, 3.63) is 35.4 Å². The molecule has 0 radical (unpaired) electrons. The summed E-state index contributed by atoms with van der Waals surface area (Å²) in [6.07, 6.45) is 3.40. The van der Waals surface area contributed by atoms with Gasteiger partial charge in [0.2, 0.25) is 0 Å². The lowest BCUT2D eigenvalue weighted by Gasteiger charge is -2.08. The first-order valence-corrected chi connectivity index (χ1v) is 7.58. The van der Waals surface area contributed by atoms with Crippen molar-refractivity contribution in [1.29, 1.82) is 0 Å². The molecule has 0 aromatic heterocycles. The van der Waals surface area contributed by atoms with Gasteiger partial charge in [-0.05, 0) is 36.4 Å². The van der Waals surface area contributed by atoms with Crippen molar-refractivity contribution >= 4 is 0 Å². The normalized spacial score (nSPS) is 11.2. The molecule has 1 aromatic rings. The van der Waals surface area contributed by atoms with Crippen molar-refractivity contribution in [2.45, 2.75) is 40.0 Å². The zero-order chi connectivity index (χ0) is 13.9. The Kier molecular flexibility index (Phi) is 8.52. The van der Waals surface area contributed by atoms with E-state index < -0.39 is 0 Å². The lowest BCUT2D eigenvalue weighted by molar-refractivity contribution is 0.138. The highest BCUT2D eigenvalue weighted by Gasteiger charge is 1.96. The number of benzene rings is 1. The fraction of sp³-hybridized carbons (Fsp3) is 0.647. The van der Waals surface area contributed by atoms with Crippen molar-refractivity contribution in [1.82, 2.24) is 5.32 Å². The molecule has 1 N–H and O–H groups in total. The van der Waals surface area contributed by atoms with E-state index in [0.29, 0.717) is 5.92 Å². The Hall–Kier alpha value is -0.860. The topological polar surface area (TPSA) is 21.3 Å². The van der Waals surface area contributed by atoms with Crippen LogP contribution in [0.2, 0.25) is 0 Å². The molecule has 0 fully saturated rings. The molecule has 0 bridgehead atoms. The van der Waals surface area contributed by atoms with Crippen molar-refractivity contribution in [2.24, 2.45) is 5.92 Å². The van der Waals surface area contributed by atoms with E-state index in [1.165, 1.54) is 24.0 Å². The Labute approximate surface area is 118 Å². The molecule has 0 saturated carbocycles. The first kappa shape index (κ1) is 16.2. The van der Waals surface area contributed by atoms with Gasteiger partial charge in [-0.2, -0.15) is 0 Å². The summed E-state index contributed by atoms with van der Waals surface area (Å²) in [5, 5.41) is 3.38. The second kappa shape index (κ2) is 9.99. The number of hydrogen-bond donors (Lipinski definition) is 1. The van der Waals surface area contributed by atoms with Gasteiger partial charge in [0.05, 0.1) is 13.2 Å². The summed E-state index contributed by atoms with van der Waals surface area (Å²) in [4.78, 5) is 0. The number of rotatable bonds is 10. The van der Waals surface area contributed by atoms with Crippen LogP contribution in [0.3, 0.4) is 0 Å². The predicted molar refractivity (Wildman–Crippen MR) is 82.7 cm³/mol. The minimum atomic E-state index is 0.710. The molecule has 108 valence electrons. The van der Waals surface area contributed by atoms with Gasteiger partial charge >= 0.3 is 0 Å². The standard InChI is InChI=1S/C17H29NO/c1-4-5-16-6-8-17(9-7-16)10-12-19-13-11-18-14-15(2)3/h6-9,15,18H,4-5,10-14H2,1-3H3. The van der Waals surface area contributed by atoms with Gasteiger partial charge in [-0.15, -0.1) is 0 Å². The Morgan fingerprint density at radius 3 is 2.21 bits per heavy atom. The maximum Gasteiger partial charge on any atom is 0.0591 e. The average molecular weight is 263 g/mol. The van der Waals surface area contributed by atoms with Gasteiger partial charge in [0.1, 0.15) is 0 Å². The molecule has 0 amide bonds. The molecule has 1 aromatic carbocycles. The molecule has 19 heavy (non-hydrogen) atoms. The average Bonchev–Trinajstić information content (AvgIpc) is 2.39. The number of hydrogen-bond acceptors (Lipinski definition) is 2. The second-order valence-electron chi connectivity index (χ2n) is 5.53. The summed E-state index contributed by atoms with van der Waals surface area (Å²) >= 11 is 0. The van der Waals surface area contributed by atoms with E-state index >= 15 is 0 Å². The fourth-order valence-corrected chi connectivity index (χ4v) is 1.99. The van der Waals surface area contributed by atoms with Crippen LogP contribution in [0.5, 0.6) is 0 Å². The Morgan fingerprint density at radius 2 is 1.63 bits per heavy atom. The summed E-state index contributed by atoms with van der Waals surface area (Å²) in [5.74, 6) is 0.710. The fourth-order valence-electron chi connectivity index (χ4n) is 1.99. The van der Waals surface area contributed by atoms with E-state index in [-0.39, 0.29) is 0 Å². The molecule has 0 unspecified atom stereocenters. The van der Waals surface area contributed by atoms with Crippen LogP contribution >= 0.6 is 0 Å². The summed E-state index contributed by atoms with van der Waals surface area (Å²) in [7, 11) is 0. The van der Waals surface area contributed by atoms with Gasteiger partial charge in [0.15, 0.2) is 0 Å². The highest BCUT2D eigenvalue weighted by Crippen LogP contribution is 2.07. The van der Waals surface area contributed by atoms with Crippen LogP contribution in [0.25, 0.3) is 0 Å². The van der Waals surface area contributed by atoms with Gasteiger partial charge < -0.3 is 10.1 Å². The predicted octanol–water partition coefficient (Wildman–Crippen LogP) is 3.44. The minimum absolute atomic E-state index is 0.710. The quantitative estimate of drug-likeness (QED) is 0.653. The smallest absolute Gasteiger partial charge is 0.0591 e. The first-order valence-electron chi connectivity index (χ1n) is 7.58. The van der Waals surface area contributed by atoms with E-state index in [0.717, 1.165) is 32.7 Å². The van der Waals surface area contributed by atoms with E-state index in [4.69, 9.17) is 4.74 Å². The van der Waals surface area contributed by atoms with Crippen LogP contribution in [0.15, 0.2) is 24.3 Å². The largest absolute Gasteiger partial charge is 0.380 e. The second-order valence-corrected chi connectivity index (χ2v) is 5.53. The van der Waals surface area contributed by atoms with E-state index in [1.54, 1.807) is 0 Å². The van der Waals surface area contributed by atoms with Gasteiger partial charge in [0, 0.05) is 6.54 Å².